The molecular weight excluding hydrogens is 418 g/mol. The molecule has 2 aromatic carbocycles. The van der Waals surface area contributed by atoms with Gasteiger partial charge in [0.2, 0.25) is 0 Å². The summed E-state index contributed by atoms with van der Waals surface area (Å²) < 4.78 is 0. The van der Waals surface area contributed by atoms with Gasteiger partial charge in [0.25, 0.3) is 0 Å². The molecule has 3 rings (SSSR count). The van der Waals surface area contributed by atoms with Crippen molar-refractivity contribution in [2.45, 2.75) is 55.0 Å². The van der Waals surface area contributed by atoms with Crippen LogP contribution in [0.25, 0.3) is 0 Å². The second-order valence-corrected chi connectivity index (χ2v) is 10.4. The number of aryl methyl sites for hydroxylation is 2. The summed E-state index contributed by atoms with van der Waals surface area (Å²) in [5.74, 6) is 0.179. The molecule has 0 spiro atoms. The smallest absolute Gasteiger partial charge is 0.180 e. The highest BCUT2D eigenvalue weighted by molar-refractivity contribution is 6.12. The van der Waals surface area contributed by atoms with E-state index in [2.05, 4.69) is 55.7 Å². The topological polar surface area (TPSA) is 40.5 Å². The zero-order valence-electron chi connectivity index (χ0n) is 21.6. The Kier molecular flexibility index (Phi) is 7.07. The molecule has 0 unspecified atom stereocenters. The average molecular weight is 456 g/mol. The molecule has 1 aliphatic rings. The minimum atomic E-state index is -0.846. The van der Waals surface area contributed by atoms with E-state index in [0.717, 1.165) is 17.0 Å². The van der Waals surface area contributed by atoms with Crippen molar-refractivity contribution in [3.05, 3.63) is 113 Å². The zero-order chi connectivity index (χ0) is 25.3. The Morgan fingerprint density at radius 3 is 2.26 bits per heavy atom. The molecule has 0 aliphatic heterocycles. The molecule has 178 valence electrons. The van der Waals surface area contributed by atoms with Crippen molar-refractivity contribution in [2.24, 2.45) is 10.8 Å². The van der Waals surface area contributed by atoms with E-state index in [9.17, 15) is 9.90 Å². The number of ketones is 1. The van der Waals surface area contributed by atoms with Crippen LogP contribution in [0.5, 0.6) is 0 Å². The number of benzene rings is 2. The first-order valence-electron chi connectivity index (χ1n) is 11.8. The molecule has 0 fully saturated rings. The van der Waals surface area contributed by atoms with Gasteiger partial charge in [-0.25, -0.2) is 0 Å². The van der Waals surface area contributed by atoms with Crippen molar-refractivity contribution in [2.75, 3.05) is 4.90 Å². The third-order valence-electron chi connectivity index (χ3n) is 7.14. The van der Waals surface area contributed by atoms with Crippen molar-refractivity contribution in [3.8, 4) is 0 Å². The molecule has 3 heteroatoms. The number of aliphatic hydroxyl groups is 1. The van der Waals surface area contributed by atoms with Gasteiger partial charge >= 0.3 is 0 Å². The highest BCUT2D eigenvalue weighted by Gasteiger charge is 2.57. The maximum absolute atomic E-state index is 13.1. The van der Waals surface area contributed by atoms with E-state index in [1.807, 2.05) is 71.0 Å². The molecule has 0 amide bonds. The number of carbonyl (C=O) groups is 1. The van der Waals surface area contributed by atoms with Crippen LogP contribution < -0.4 is 4.90 Å². The number of hydrogen-bond donors (Lipinski definition) is 1. The summed E-state index contributed by atoms with van der Waals surface area (Å²) in [6.07, 6.45) is 5.72. The van der Waals surface area contributed by atoms with E-state index in [0.29, 0.717) is 12.1 Å². The lowest BCUT2D eigenvalue weighted by Crippen LogP contribution is -2.51. The first kappa shape index (κ1) is 25.3. The number of allylic oxidation sites excluding steroid dienone is 6. The van der Waals surface area contributed by atoms with Gasteiger partial charge in [0, 0.05) is 17.9 Å². The van der Waals surface area contributed by atoms with Crippen LogP contribution in [0.3, 0.4) is 0 Å². The number of hydrogen-bond acceptors (Lipinski definition) is 3. The fraction of sp³-hybridized carbons (Fsp3) is 0.323. The average Bonchev–Trinajstić information content (AvgIpc) is 2.78. The Morgan fingerprint density at radius 1 is 1.09 bits per heavy atom. The Labute approximate surface area is 204 Å². The van der Waals surface area contributed by atoms with Crippen LogP contribution in [0.15, 0.2) is 95.9 Å². The van der Waals surface area contributed by atoms with Gasteiger partial charge in [-0.05, 0) is 68.0 Å². The quantitative estimate of drug-likeness (QED) is 0.433. The molecule has 0 bridgehead atoms. The molecule has 0 saturated heterocycles. The lowest BCUT2D eigenvalue weighted by molar-refractivity contribution is -0.134. The van der Waals surface area contributed by atoms with Gasteiger partial charge in [0.1, 0.15) is 5.76 Å². The Bertz CT molecular complexity index is 1190. The lowest BCUT2D eigenvalue weighted by Gasteiger charge is -2.47. The van der Waals surface area contributed by atoms with Crippen LogP contribution in [0, 0.1) is 24.7 Å². The fourth-order valence-corrected chi connectivity index (χ4v) is 4.47. The minimum absolute atomic E-state index is 0.00433. The highest BCUT2D eigenvalue weighted by atomic mass is 16.3. The first-order chi connectivity index (χ1) is 15.9. The van der Waals surface area contributed by atoms with Crippen LogP contribution in [0.2, 0.25) is 0 Å². The molecule has 1 atom stereocenters. The molecule has 1 aliphatic carbocycles. The van der Waals surface area contributed by atoms with Crippen molar-refractivity contribution in [1.82, 2.24) is 0 Å². The van der Waals surface area contributed by atoms with Gasteiger partial charge in [-0.3, -0.25) is 4.79 Å². The predicted molar refractivity (Wildman–Crippen MR) is 143 cm³/mol. The molecule has 2 aromatic rings. The number of carbonyl (C=O) groups excluding carboxylic acids is 1. The van der Waals surface area contributed by atoms with E-state index in [4.69, 9.17) is 0 Å². The van der Waals surface area contributed by atoms with Gasteiger partial charge in [-0.1, -0.05) is 81.5 Å². The van der Waals surface area contributed by atoms with Gasteiger partial charge in [0.05, 0.1) is 11.0 Å². The number of Topliss-reactive ketones (excluding diaryl/α,β-unsaturated/α-hetero) is 1. The van der Waals surface area contributed by atoms with Crippen LogP contribution in [0.1, 0.15) is 51.3 Å². The maximum Gasteiger partial charge on any atom is 0.180 e. The maximum atomic E-state index is 13.1. The minimum Gasteiger partial charge on any atom is -0.510 e. The number of aliphatic hydroxyl groups excluding tert-OH is 1. The third-order valence-corrected chi connectivity index (χ3v) is 7.14. The summed E-state index contributed by atoms with van der Waals surface area (Å²) in [4.78, 5) is 15.3. The highest BCUT2D eigenvalue weighted by Crippen LogP contribution is 2.54. The van der Waals surface area contributed by atoms with Crippen LogP contribution in [-0.2, 0) is 11.3 Å². The molecule has 3 nitrogen and oxygen atoms in total. The zero-order valence-corrected chi connectivity index (χ0v) is 21.6. The Balaban J connectivity index is 2.03. The largest absolute Gasteiger partial charge is 0.510 e. The second-order valence-electron chi connectivity index (χ2n) is 10.4. The summed E-state index contributed by atoms with van der Waals surface area (Å²) in [5.41, 5.74) is 5.59. The molecule has 0 heterocycles. The second kappa shape index (κ2) is 9.50. The SMILES string of the molecule is C=C/C(=C\C=C(/C)C1=C(O)[C@](C)(C(C)(C)C)C1=O)N(Cc1ccccc1)c1ccc(C)cc1C. The Hall–Kier alpha value is -3.33. The van der Waals surface area contributed by atoms with E-state index < -0.39 is 5.41 Å². The van der Waals surface area contributed by atoms with Gasteiger partial charge in [-0.15, -0.1) is 0 Å². The van der Waals surface area contributed by atoms with Gasteiger partial charge < -0.3 is 10.0 Å². The van der Waals surface area contributed by atoms with Crippen molar-refractivity contribution in [3.63, 3.8) is 0 Å². The molecule has 1 N–H and O–H groups in total. The first-order valence-corrected chi connectivity index (χ1v) is 11.8. The fourth-order valence-electron chi connectivity index (χ4n) is 4.47. The van der Waals surface area contributed by atoms with Crippen molar-refractivity contribution < 1.29 is 9.90 Å². The van der Waals surface area contributed by atoms with Crippen LogP contribution in [-0.4, -0.2) is 10.9 Å². The number of anilines is 1. The standard InChI is InChI=1S/C31H37NO2/c1-9-25(17-16-22(3)27-28(33)31(8,29(27)34)30(5,6)7)32(20-24-13-11-10-12-14-24)26-18-15-21(2)19-23(26)4/h9-19,33H,1,20H2,2-8H3/b22-16+,25-17+/t31-/m0/s1. The molecule has 0 saturated carbocycles. The van der Waals surface area contributed by atoms with E-state index in [1.54, 1.807) is 0 Å². The van der Waals surface area contributed by atoms with Gasteiger partial charge in [-0.2, -0.15) is 0 Å². The molecular formula is C31H37NO2. The van der Waals surface area contributed by atoms with Crippen LogP contribution >= 0.6 is 0 Å². The monoisotopic (exact) mass is 455 g/mol. The summed E-state index contributed by atoms with van der Waals surface area (Å²) in [7, 11) is 0. The lowest BCUT2D eigenvalue weighted by atomic mass is 9.55. The number of rotatable bonds is 7. The molecule has 34 heavy (non-hydrogen) atoms. The van der Waals surface area contributed by atoms with Crippen molar-refractivity contribution in [1.29, 1.82) is 0 Å². The summed E-state index contributed by atoms with van der Waals surface area (Å²) in [6.45, 7) is 18.6. The van der Waals surface area contributed by atoms with Gasteiger partial charge in [0.15, 0.2) is 5.78 Å². The Morgan fingerprint density at radius 2 is 1.74 bits per heavy atom. The number of nitrogens with zero attached hydrogens (tertiary/aromatic N) is 1. The normalized spacial score (nSPS) is 19.2. The van der Waals surface area contributed by atoms with Crippen LogP contribution in [0.4, 0.5) is 5.69 Å². The van der Waals surface area contributed by atoms with Crippen molar-refractivity contribution >= 4 is 11.5 Å². The van der Waals surface area contributed by atoms with E-state index in [-0.39, 0.29) is 17.0 Å². The summed E-state index contributed by atoms with van der Waals surface area (Å²) in [6, 6.07) is 16.8. The summed E-state index contributed by atoms with van der Waals surface area (Å²) >= 11 is 0. The van der Waals surface area contributed by atoms with E-state index >= 15 is 0 Å². The summed E-state index contributed by atoms with van der Waals surface area (Å²) in [5, 5.41) is 10.8. The predicted octanol–water partition coefficient (Wildman–Crippen LogP) is 7.77. The molecule has 0 aromatic heterocycles. The third kappa shape index (κ3) is 4.52. The molecule has 0 radical (unpaired) electrons. The van der Waals surface area contributed by atoms with E-state index in [1.165, 1.54) is 16.7 Å².